The number of halogens is 2. The van der Waals surface area contributed by atoms with Crippen LogP contribution in [0.1, 0.15) is 6.92 Å². The number of nitrogens with one attached hydrogen (secondary N) is 1. The zero-order valence-corrected chi connectivity index (χ0v) is 12.4. The number of nitrogens with zero attached hydrogens (tertiary/aromatic N) is 1. The molecule has 1 aromatic carbocycles. The van der Waals surface area contributed by atoms with Gasteiger partial charge >= 0.3 is 12.0 Å². The average molecular weight is 345 g/mol. The van der Waals surface area contributed by atoms with Crippen molar-refractivity contribution in [2.45, 2.75) is 6.92 Å². The fraction of sp³-hybridized carbons (Fsp3) is 0.385. The number of aliphatic carboxylic acids is 1. The van der Waals surface area contributed by atoms with Crippen LogP contribution < -0.4 is 5.32 Å². The topological polar surface area (TPSA) is 69.6 Å². The Morgan fingerprint density at radius 2 is 2.15 bits per heavy atom. The highest BCUT2D eigenvalue weighted by molar-refractivity contribution is 9.10. The molecule has 0 aliphatic carbocycles. The summed E-state index contributed by atoms with van der Waals surface area (Å²) in [5, 5.41) is 11.6. The lowest BCUT2D eigenvalue weighted by atomic mass is 9.99. The Kier molecular flexibility index (Phi) is 4.27. The second-order valence-electron chi connectivity index (χ2n) is 4.89. The summed E-state index contributed by atoms with van der Waals surface area (Å²) in [4.78, 5) is 24.5. The van der Waals surface area contributed by atoms with E-state index in [0.29, 0.717) is 16.7 Å². The molecule has 1 heterocycles. The Balaban J connectivity index is 2.02. The largest absolute Gasteiger partial charge is 0.481 e. The maximum Gasteiger partial charge on any atom is 0.321 e. The van der Waals surface area contributed by atoms with Crippen molar-refractivity contribution in [3.63, 3.8) is 0 Å². The first-order valence-electron chi connectivity index (χ1n) is 6.12. The molecule has 2 N–H and O–H groups in total. The van der Waals surface area contributed by atoms with E-state index in [0.717, 1.165) is 0 Å². The van der Waals surface area contributed by atoms with Crippen LogP contribution in [0, 0.1) is 17.7 Å². The van der Waals surface area contributed by atoms with E-state index in [-0.39, 0.29) is 12.5 Å². The van der Waals surface area contributed by atoms with Crippen molar-refractivity contribution < 1.29 is 19.1 Å². The number of hydrogen-bond acceptors (Lipinski definition) is 2. The number of urea groups is 1. The van der Waals surface area contributed by atoms with Gasteiger partial charge in [0.1, 0.15) is 5.82 Å². The predicted molar refractivity (Wildman–Crippen MR) is 75.0 cm³/mol. The Bertz CT molecular complexity index is 552. The quantitative estimate of drug-likeness (QED) is 0.866. The number of carboxylic acids is 1. The highest BCUT2D eigenvalue weighted by Gasteiger charge is 2.36. The number of likely N-dealkylation sites (tertiary alicyclic amines) is 1. The van der Waals surface area contributed by atoms with Crippen molar-refractivity contribution in [3.8, 4) is 0 Å². The van der Waals surface area contributed by atoms with E-state index in [9.17, 15) is 14.0 Å². The molecule has 1 aromatic rings. The van der Waals surface area contributed by atoms with Crippen LogP contribution in [0.5, 0.6) is 0 Å². The first-order chi connectivity index (χ1) is 9.38. The minimum absolute atomic E-state index is 0.0973. The third kappa shape index (κ3) is 3.09. The predicted octanol–water partition coefficient (Wildman–Crippen LogP) is 2.77. The van der Waals surface area contributed by atoms with Gasteiger partial charge in [-0.15, -0.1) is 0 Å². The summed E-state index contributed by atoms with van der Waals surface area (Å²) >= 11 is 3.03. The highest BCUT2D eigenvalue weighted by Crippen LogP contribution is 2.24. The second-order valence-corrected chi connectivity index (χ2v) is 5.74. The number of rotatable bonds is 2. The number of carbonyl (C=O) groups is 2. The summed E-state index contributed by atoms with van der Waals surface area (Å²) in [6, 6.07) is 3.86. The average Bonchev–Trinajstić information content (AvgIpc) is 2.76. The van der Waals surface area contributed by atoms with Crippen molar-refractivity contribution in [1.82, 2.24) is 4.90 Å². The molecule has 7 heteroatoms. The van der Waals surface area contributed by atoms with Gasteiger partial charge in [-0.05, 0) is 40.0 Å². The minimum Gasteiger partial charge on any atom is -0.481 e. The second kappa shape index (κ2) is 5.78. The molecule has 1 aliphatic heterocycles. The van der Waals surface area contributed by atoms with Gasteiger partial charge in [0.15, 0.2) is 0 Å². The molecule has 20 heavy (non-hydrogen) atoms. The van der Waals surface area contributed by atoms with E-state index in [2.05, 4.69) is 21.2 Å². The minimum atomic E-state index is -0.900. The molecule has 0 spiro atoms. The van der Waals surface area contributed by atoms with Gasteiger partial charge in [-0.1, -0.05) is 6.92 Å². The molecule has 0 radical (unpaired) electrons. The lowest BCUT2D eigenvalue weighted by Crippen LogP contribution is -2.33. The third-order valence-electron chi connectivity index (χ3n) is 3.39. The van der Waals surface area contributed by atoms with Crippen molar-refractivity contribution in [1.29, 1.82) is 0 Å². The normalized spacial score (nSPS) is 21.9. The SMILES string of the molecule is C[C@@H]1CN(C(=O)Nc2ccc(Br)c(F)c2)C[C@H]1C(=O)O. The fourth-order valence-electron chi connectivity index (χ4n) is 2.23. The summed E-state index contributed by atoms with van der Waals surface area (Å²) in [5.74, 6) is -2.02. The van der Waals surface area contributed by atoms with Crippen molar-refractivity contribution >= 4 is 33.6 Å². The van der Waals surface area contributed by atoms with Crippen LogP contribution >= 0.6 is 15.9 Å². The van der Waals surface area contributed by atoms with Crippen LogP contribution in [0.25, 0.3) is 0 Å². The van der Waals surface area contributed by atoms with Crippen LogP contribution in [-0.4, -0.2) is 35.1 Å². The molecular weight excluding hydrogens is 331 g/mol. The number of carbonyl (C=O) groups excluding carboxylic acids is 1. The Morgan fingerprint density at radius 3 is 2.70 bits per heavy atom. The summed E-state index contributed by atoms with van der Waals surface area (Å²) in [6.07, 6.45) is 0. The summed E-state index contributed by atoms with van der Waals surface area (Å²) < 4.78 is 13.7. The highest BCUT2D eigenvalue weighted by atomic mass is 79.9. The van der Waals surface area contributed by atoms with E-state index in [1.54, 1.807) is 13.0 Å². The van der Waals surface area contributed by atoms with E-state index in [1.807, 2.05) is 0 Å². The first kappa shape index (κ1) is 14.8. The van der Waals surface area contributed by atoms with Crippen molar-refractivity contribution in [2.75, 3.05) is 18.4 Å². The number of amides is 2. The van der Waals surface area contributed by atoms with Gasteiger partial charge in [0.05, 0.1) is 10.4 Å². The molecule has 1 saturated heterocycles. The molecule has 0 unspecified atom stereocenters. The fourth-order valence-corrected chi connectivity index (χ4v) is 2.48. The van der Waals surface area contributed by atoms with Crippen LogP contribution in [0.4, 0.5) is 14.9 Å². The zero-order chi connectivity index (χ0) is 14.9. The van der Waals surface area contributed by atoms with Crippen LogP contribution in [0.2, 0.25) is 0 Å². The van der Waals surface area contributed by atoms with Crippen molar-refractivity contribution in [2.24, 2.45) is 11.8 Å². The summed E-state index contributed by atoms with van der Waals surface area (Å²) in [7, 11) is 0. The van der Waals surface area contributed by atoms with Crippen molar-refractivity contribution in [3.05, 3.63) is 28.5 Å². The Labute approximate surface area is 123 Å². The first-order valence-corrected chi connectivity index (χ1v) is 6.91. The molecule has 0 saturated carbocycles. The number of benzene rings is 1. The van der Waals surface area contributed by atoms with Crippen LogP contribution in [0.15, 0.2) is 22.7 Å². The van der Waals surface area contributed by atoms with Gasteiger partial charge in [-0.25, -0.2) is 9.18 Å². The molecule has 108 valence electrons. The lowest BCUT2D eigenvalue weighted by molar-refractivity contribution is -0.142. The maximum atomic E-state index is 13.3. The Hall–Kier alpha value is -1.63. The molecule has 2 atom stereocenters. The van der Waals surface area contributed by atoms with Gasteiger partial charge in [0.25, 0.3) is 0 Å². The Morgan fingerprint density at radius 1 is 1.45 bits per heavy atom. The van der Waals surface area contributed by atoms with Gasteiger partial charge in [0.2, 0.25) is 0 Å². The molecular formula is C13H14BrFN2O3. The third-order valence-corrected chi connectivity index (χ3v) is 4.03. The molecule has 2 rings (SSSR count). The summed E-state index contributed by atoms with van der Waals surface area (Å²) in [6.45, 7) is 2.34. The number of carboxylic acid groups (broad SMARTS) is 1. The van der Waals surface area contributed by atoms with E-state index < -0.39 is 23.7 Å². The zero-order valence-electron chi connectivity index (χ0n) is 10.8. The van der Waals surface area contributed by atoms with Gasteiger partial charge in [0, 0.05) is 18.8 Å². The standard InChI is InChI=1S/C13H14BrFN2O3/c1-7-5-17(6-9(7)12(18)19)13(20)16-8-2-3-10(14)11(15)4-8/h2-4,7,9H,5-6H2,1H3,(H,16,20)(H,18,19)/t7-,9-/m1/s1. The lowest BCUT2D eigenvalue weighted by Gasteiger charge is -2.17. The summed E-state index contributed by atoms with van der Waals surface area (Å²) in [5.41, 5.74) is 0.335. The smallest absolute Gasteiger partial charge is 0.321 e. The van der Waals surface area contributed by atoms with E-state index >= 15 is 0 Å². The van der Waals surface area contributed by atoms with Gasteiger partial charge in [-0.3, -0.25) is 4.79 Å². The molecule has 2 amide bonds. The monoisotopic (exact) mass is 344 g/mol. The molecule has 5 nitrogen and oxygen atoms in total. The molecule has 0 aromatic heterocycles. The number of hydrogen-bond donors (Lipinski definition) is 2. The van der Waals surface area contributed by atoms with Gasteiger partial charge in [-0.2, -0.15) is 0 Å². The van der Waals surface area contributed by atoms with Gasteiger partial charge < -0.3 is 15.3 Å². The van der Waals surface area contributed by atoms with Crippen LogP contribution in [0.3, 0.4) is 0 Å². The van der Waals surface area contributed by atoms with E-state index in [4.69, 9.17) is 5.11 Å². The van der Waals surface area contributed by atoms with E-state index in [1.165, 1.54) is 17.0 Å². The molecule has 1 aliphatic rings. The number of anilines is 1. The maximum absolute atomic E-state index is 13.3. The van der Waals surface area contributed by atoms with Crippen LogP contribution in [-0.2, 0) is 4.79 Å². The molecule has 0 bridgehead atoms. The molecule has 1 fully saturated rings.